The summed E-state index contributed by atoms with van der Waals surface area (Å²) in [4.78, 5) is 4.52. The molecule has 7 nitrogen and oxygen atoms in total. The molecule has 0 aliphatic carbocycles. The van der Waals surface area contributed by atoms with Crippen molar-refractivity contribution in [2.75, 3.05) is 27.2 Å². The topological polar surface area (TPSA) is 71.3 Å². The zero-order valence-electron chi connectivity index (χ0n) is 15.8. The fourth-order valence-electron chi connectivity index (χ4n) is 3.42. The van der Waals surface area contributed by atoms with E-state index in [0.29, 0.717) is 19.0 Å². The van der Waals surface area contributed by atoms with Crippen LogP contribution in [0, 0.1) is 0 Å². The summed E-state index contributed by atoms with van der Waals surface area (Å²) >= 11 is 0. The molecule has 26 heavy (non-hydrogen) atoms. The monoisotopic (exact) mass is 377 g/mol. The van der Waals surface area contributed by atoms with E-state index in [4.69, 9.17) is 0 Å². The van der Waals surface area contributed by atoms with E-state index in [-0.39, 0.29) is 6.04 Å². The third-order valence-electron chi connectivity index (χ3n) is 4.92. The van der Waals surface area contributed by atoms with Gasteiger partial charge in [0.05, 0.1) is 11.4 Å². The normalized spacial score (nSPS) is 17.3. The lowest BCUT2D eigenvalue weighted by atomic mass is 9.90. The first-order valence-electron chi connectivity index (χ1n) is 8.98. The molecule has 0 N–H and O–H groups in total. The molecule has 0 atom stereocenters. The minimum atomic E-state index is -3.32. The van der Waals surface area contributed by atoms with Crippen LogP contribution in [0.25, 0.3) is 11.4 Å². The summed E-state index contributed by atoms with van der Waals surface area (Å²) in [6.45, 7) is 5.29. The van der Waals surface area contributed by atoms with E-state index in [0.717, 1.165) is 24.2 Å². The highest BCUT2D eigenvalue weighted by Crippen LogP contribution is 2.31. The summed E-state index contributed by atoms with van der Waals surface area (Å²) in [5, 5.41) is 4.39. The van der Waals surface area contributed by atoms with Crippen molar-refractivity contribution in [1.29, 1.82) is 0 Å². The molecule has 142 valence electrons. The standard InChI is InChI=1S/C18H27N5O2S/c1-14(2)23-18(6-10-20-23)17-13-16(5-9-19-17)15-7-11-22(12-8-15)26(24,25)21(3)4/h5-6,9-10,13-15H,7-8,11-12H2,1-4H3. The quantitative estimate of drug-likeness (QED) is 0.803. The van der Waals surface area contributed by atoms with Gasteiger partial charge in [-0.25, -0.2) is 0 Å². The molecule has 2 aromatic heterocycles. The number of rotatable bonds is 5. The molecule has 1 saturated heterocycles. The van der Waals surface area contributed by atoms with Gasteiger partial charge in [-0.2, -0.15) is 22.1 Å². The number of aromatic nitrogens is 3. The summed E-state index contributed by atoms with van der Waals surface area (Å²) in [7, 11) is -0.166. The molecule has 8 heteroatoms. The predicted octanol–water partition coefficient (Wildman–Crippen LogP) is 2.51. The van der Waals surface area contributed by atoms with Crippen molar-refractivity contribution < 1.29 is 8.42 Å². The van der Waals surface area contributed by atoms with E-state index < -0.39 is 10.2 Å². The summed E-state index contributed by atoms with van der Waals surface area (Å²) in [5.74, 6) is 0.348. The lowest BCUT2D eigenvalue weighted by Crippen LogP contribution is -2.44. The Kier molecular flexibility index (Phi) is 5.45. The summed E-state index contributed by atoms with van der Waals surface area (Å²) in [6.07, 6.45) is 5.28. The molecular weight excluding hydrogens is 350 g/mol. The van der Waals surface area contributed by atoms with E-state index in [1.807, 2.05) is 23.0 Å². The third kappa shape index (κ3) is 3.67. The molecule has 1 fully saturated rings. The molecule has 2 aromatic rings. The molecule has 0 radical (unpaired) electrons. The Hall–Kier alpha value is -1.77. The van der Waals surface area contributed by atoms with Crippen molar-refractivity contribution in [3.8, 4) is 11.4 Å². The lowest BCUT2D eigenvalue weighted by Gasteiger charge is -2.33. The number of hydrogen-bond donors (Lipinski definition) is 0. The minimum absolute atomic E-state index is 0.268. The van der Waals surface area contributed by atoms with Crippen LogP contribution in [-0.4, -0.2) is 59.0 Å². The van der Waals surface area contributed by atoms with Crippen LogP contribution in [0.2, 0.25) is 0 Å². The van der Waals surface area contributed by atoms with Gasteiger partial charge in [0.2, 0.25) is 0 Å². The Bertz CT molecular complexity index is 852. The molecule has 1 aliphatic rings. The maximum atomic E-state index is 12.3. The van der Waals surface area contributed by atoms with Crippen molar-refractivity contribution in [2.45, 2.75) is 38.6 Å². The molecular formula is C18H27N5O2S. The van der Waals surface area contributed by atoms with Crippen LogP contribution in [0.3, 0.4) is 0 Å². The van der Waals surface area contributed by atoms with Gasteiger partial charge in [-0.1, -0.05) is 0 Å². The third-order valence-corrected chi connectivity index (χ3v) is 6.86. The van der Waals surface area contributed by atoms with Crippen LogP contribution >= 0.6 is 0 Å². The summed E-state index contributed by atoms with van der Waals surface area (Å²) in [5.41, 5.74) is 3.14. The second-order valence-electron chi connectivity index (χ2n) is 7.19. The fourth-order valence-corrected chi connectivity index (χ4v) is 4.55. The molecule has 0 bridgehead atoms. The number of nitrogens with zero attached hydrogens (tertiary/aromatic N) is 5. The van der Waals surface area contributed by atoms with E-state index in [9.17, 15) is 8.42 Å². The highest BCUT2D eigenvalue weighted by atomic mass is 32.2. The second-order valence-corrected chi connectivity index (χ2v) is 9.34. The van der Waals surface area contributed by atoms with Gasteiger partial charge in [-0.05, 0) is 56.4 Å². The largest absolute Gasteiger partial charge is 0.281 e. The van der Waals surface area contributed by atoms with Gasteiger partial charge in [-0.15, -0.1) is 0 Å². The Morgan fingerprint density at radius 3 is 2.46 bits per heavy atom. The van der Waals surface area contributed by atoms with Crippen LogP contribution in [0.15, 0.2) is 30.6 Å². The average Bonchev–Trinajstić information content (AvgIpc) is 3.12. The van der Waals surface area contributed by atoms with Gasteiger partial charge in [0.15, 0.2) is 0 Å². The van der Waals surface area contributed by atoms with E-state index in [1.54, 1.807) is 24.6 Å². The maximum absolute atomic E-state index is 12.3. The molecule has 0 saturated carbocycles. The van der Waals surface area contributed by atoms with E-state index in [1.165, 1.54) is 9.87 Å². The zero-order valence-corrected chi connectivity index (χ0v) is 16.6. The van der Waals surface area contributed by atoms with Crippen LogP contribution in [-0.2, 0) is 10.2 Å². The lowest BCUT2D eigenvalue weighted by molar-refractivity contribution is 0.302. The van der Waals surface area contributed by atoms with Gasteiger partial charge < -0.3 is 0 Å². The Labute approximate surface area is 155 Å². The summed E-state index contributed by atoms with van der Waals surface area (Å²) in [6, 6.07) is 6.42. The van der Waals surface area contributed by atoms with Gasteiger partial charge in [0.25, 0.3) is 10.2 Å². The van der Waals surface area contributed by atoms with Crippen LogP contribution < -0.4 is 0 Å². The molecule has 1 aliphatic heterocycles. The molecule has 0 amide bonds. The van der Waals surface area contributed by atoms with E-state index in [2.05, 4.69) is 30.0 Å². The van der Waals surface area contributed by atoms with Crippen molar-refractivity contribution in [3.05, 3.63) is 36.2 Å². The Morgan fingerprint density at radius 1 is 1.15 bits per heavy atom. The van der Waals surface area contributed by atoms with Crippen molar-refractivity contribution in [1.82, 2.24) is 23.4 Å². The smallest absolute Gasteiger partial charge is 0.261 e. The van der Waals surface area contributed by atoms with Crippen molar-refractivity contribution >= 4 is 10.2 Å². The van der Waals surface area contributed by atoms with Crippen molar-refractivity contribution in [2.24, 2.45) is 0 Å². The molecule has 3 rings (SSSR count). The van der Waals surface area contributed by atoms with Crippen LogP contribution in [0.4, 0.5) is 0 Å². The Morgan fingerprint density at radius 2 is 1.85 bits per heavy atom. The Balaban J connectivity index is 1.77. The van der Waals surface area contributed by atoms with Gasteiger partial charge in [-0.3, -0.25) is 9.67 Å². The van der Waals surface area contributed by atoms with Gasteiger partial charge in [0, 0.05) is 45.6 Å². The summed E-state index contributed by atoms with van der Waals surface area (Å²) < 4.78 is 29.4. The maximum Gasteiger partial charge on any atom is 0.281 e. The first-order chi connectivity index (χ1) is 12.3. The minimum Gasteiger partial charge on any atom is -0.261 e. The first kappa shape index (κ1) is 19.0. The zero-order chi connectivity index (χ0) is 18.9. The molecule has 0 aromatic carbocycles. The highest BCUT2D eigenvalue weighted by Gasteiger charge is 2.30. The molecule has 3 heterocycles. The fraction of sp³-hybridized carbons (Fsp3) is 0.556. The molecule has 0 spiro atoms. The van der Waals surface area contributed by atoms with Gasteiger partial charge in [0.1, 0.15) is 0 Å². The number of pyridine rings is 1. The number of hydrogen-bond acceptors (Lipinski definition) is 4. The van der Waals surface area contributed by atoms with Crippen LogP contribution in [0.1, 0.15) is 44.2 Å². The van der Waals surface area contributed by atoms with Crippen LogP contribution in [0.5, 0.6) is 0 Å². The average molecular weight is 378 g/mol. The van der Waals surface area contributed by atoms with E-state index >= 15 is 0 Å². The first-order valence-corrected chi connectivity index (χ1v) is 10.4. The SMILES string of the molecule is CC(C)n1nccc1-c1cc(C2CCN(S(=O)(=O)N(C)C)CC2)ccn1. The highest BCUT2D eigenvalue weighted by molar-refractivity contribution is 7.86. The predicted molar refractivity (Wildman–Crippen MR) is 102 cm³/mol. The van der Waals surface area contributed by atoms with Gasteiger partial charge >= 0.3 is 0 Å². The second kappa shape index (κ2) is 7.46. The van der Waals surface area contributed by atoms with Crippen molar-refractivity contribution in [3.63, 3.8) is 0 Å². The number of piperidine rings is 1. The molecule has 0 unspecified atom stereocenters.